The highest BCUT2D eigenvalue weighted by Gasteiger charge is 2.15. The number of hydrogen-bond donors (Lipinski definition) is 2. The molecule has 1 aromatic carbocycles. The molecule has 9 heteroatoms. The lowest BCUT2D eigenvalue weighted by Gasteiger charge is -2.20. The van der Waals surface area contributed by atoms with Crippen LogP contribution in [0.15, 0.2) is 30.3 Å². The molecule has 1 heterocycles. The Kier molecular flexibility index (Phi) is 8.86. The molecule has 0 radical (unpaired) electrons. The normalized spacial score (nSPS) is 10.9. The van der Waals surface area contributed by atoms with E-state index in [1.54, 1.807) is 29.2 Å². The number of halogens is 3. The number of hydrogen-bond acceptors (Lipinski definition) is 4. The first-order chi connectivity index (χ1) is 12.9. The van der Waals surface area contributed by atoms with Crippen molar-refractivity contribution in [2.75, 3.05) is 25.0 Å². The summed E-state index contributed by atoms with van der Waals surface area (Å²) in [5, 5.41) is 6.45. The lowest BCUT2D eigenvalue weighted by atomic mass is 10.3. The average molecular weight is 449 g/mol. The van der Waals surface area contributed by atoms with E-state index >= 15 is 0 Å². The second-order valence-electron chi connectivity index (χ2n) is 5.87. The summed E-state index contributed by atoms with van der Waals surface area (Å²) in [4.78, 5) is 27.3. The molecule has 146 valence electrons. The molecule has 0 aliphatic rings. The van der Waals surface area contributed by atoms with E-state index < -0.39 is 0 Å². The molecule has 2 N–H and O–H groups in total. The van der Waals surface area contributed by atoms with Crippen LogP contribution in [0.2, 0.25) is 14.4 Å². The minimum atomic E-state index is -0.245. The summed E-state index contributed by atoms with van der Waals surface area (Å²) in [6.07, 6.45) is 0.822. The van der Waals surface area contributed by atoms with E-state index in [1.807, 2.05) is 13.0 Å². The van der Waals surface area contributed by atoms with Crippen LogP contribution in [0.1, 0.15) is 18.2 Å². The molecule has 0 spiro atoms. The number of thiophene rings is 1. The largest absolute Gasteiger partial charge is 0.350 e. The monoisotopic (exact) mass is 447 g/mol. The number of nitrogens with zero attached hydrogens (tertiary/aromatic N) is 1. The maximum absolute atomic E-state index is 12.3. The average Bonchev–Trinajstić information content (AvgIpc) is 3.01. The molecule has 2 amide bonds. The Morgan fingerprint density at radius 1 is 1.07 bits per heavy atom. The van der Waals surface area contributed by atoms with E-state index in [4.69, 9.17) is 34.8 Å². The lowest BCUT2D eigenvalue weighted by Crippen LogP contribution is -2.41. The first-order valence-electron chi connectivity index (χ1n) is 8.35. The smallest absolute Gasteiger partial charge is 0.238 e. The van der Waals surface area contributed by atoms with Crippen molar-refractivity contribution in [2.45, 2.75) is 19.9 Å². The van der Waals surface area contributed by atoms with Crippen LogP contribution < -0.4 is 10.6 Å². The summed E-state index contributed by atoms with van der Waals surface area (Å²) in [7, 11) is 0. The van der Waals surface area contributed by atoms with Gasteiger partial charge in [-0.15, -0.1) is 11.3 Å². The van der Waals surface area contributed by atoms with Gasteiger partial charge in [0.1, 0.15) is 0 Å². The molecule has 27 heavy (non-hydrogen) atoms. The molecule has 0 aliphatic carbocycles. The van der Waals surface area contributed by atoms with E-state index in [0.717, 1.165) is 11.3 Å². The van der Waals surface area contributed by atoms with Crippen molar-refractivity contribution in [1.29, 1.82) is 0 Å². The van der Waals surface area contributed by atoms with Crippen molar-refractivity contribution in [3.05, 3.63) is 49.6 Å². The van der Waals surface area contributed by atoms with E-state index in [0.29, 0.717) is 33.2 Å². The van der Waals surface area contributed by atoms with Crippen LogP contribution in [0.5, 0.6) is 0 Å². The van der Waals surface area contributed by atoms with Crippen LogP contribution in [-0.2, 0) is 16.1 Å². The number of benzene rings is 1. The van der Waals surface area contributed by atoms with Crippen molar-refractivity contribution in [1.82, 2.24) is 10.2 Å². The fourth-order valence-electron chi connectivity index (χ4n) is 2.41. The van der Waals surface area contributed by atoms with Gasteiger partial charge >= 0.3 is 0 Å². The van der Waals surface area contributed by atoms with Gasteiger partial charge in [-0.1, -0.05) is 41.7 Å². The maximum atomic E-state index is 12.3. The molecule has 0 aliphatic heterocycles. The third kappa shape index (κ3) is 7.68. The highest BCUT2D eigenvalue weighted by Crippen LogP contribution is 2.25. The van der Waals surface area contributed by atoms with Crippen molar-refractivity contribution in [2.24, 2.45) is 0 Å². The van der Waals surface area contributed by atoms with Crippen LogP contribution >= 0.6 is 46.1 Å². The molecular formula is C18H20Cl3N3O2S. The van der Waals surface area contributed by atoms with Gasteiger partial charge in [-0.3, -0.25) is 14.5 Å². The Hall–Kier alpha value is -1.31. The predicted molar refractivity (Wildman–Crippen MR) is 113 cm³/mol. The van der Waals surface area contributed by atoms with Crippen LogP contribution in [0.25, 0.3) is 0 Å². The number of nitrogens with one attached hydrogen (secondary N) is 2. The van der Waals surface area contributed by atoms with Gasteiger partial charge in [0, 0.05) is 9.90 Å². The third-order valence-corrected chi connectivity index (χ3v) is 5.35. The fourth-order valence-corrected chi connectivity index (χ4v) is 3.89. The molecule has 0 unspecified atom stereocenters. The summed E-state index contributed by atoms with van der Waals surface area (Å²) >= 11 is 19.2. The minimum absolute atomic E-state index is 0.0883. The maximum Gasteiger partial charge on any atom is 0.238 e. The minimum Gasteiger partial charge on any atom is -0.350 e. The summed E-state index contributed by atoms with van der Waals surface area (Å²) in [5.41, 5.74) is 0.488. The van der Waals surface area contributed by atoms with Gasteiger partial charge in [0.05, 0.1) is 34.7 Å². The van der Waals surface area contributed by atoms with Crippen LogP contribution in [0, 0.1) is 0 Å². The van der Waals surface area contributed by atoms with Gasteiger partial charge in [-0.25, -0.2) is 0 Å². The highest BCUT2D eigenvalue weighted by molar-refractivity contribution is 7.16. The second-order valence-corrected chi connectivity index (χ2v) is 8.51. The molecule has 2 rings (SSSR count). The number of carbonyl (C=O) groups is 2. The van der Waals surface area contributed by atoms with Crippen LogP contribution in [0.4, 0.5) is 5.69 Å². The summed E-state index contributed by atoms with van der Waals surface area (Å²) in [6.45, 7) is 3.26. The zero-order valence-electron chi connectivity index (χ0n) is 14.7. The second kappa shape index (κ2) is 10.9. The van der Waals surface area contributed by atoms with Gasteiger partial charge in [-0.05, 0) is 43.3 Å². The molecule has 0 saturated heterocycles. The van der Waals surface area contributed by atoms with Gasteiger partial charge < -0.3 is 10.6 Å². The molecule has 0 bridgehead atoms. The topological polar surface area (TPSA) is 61.4 Å². The number of rotatable bonds is 9. The van der Waals surface area contributed by atoms with Crippen molar-refractivity contribution >= 4 is 63.6 Å². The van der Waals surface area contributed by atoms with Gasteiger partial charge in [-0.2, -0.15) is 0 Å². The van der Waals surface area contributed by atoms with Crippen molar-refractivity contribution < 1.29 is 9.59 Å². The molecule has 0 atom stereocenters. The predicted octanol–water partition coefficient (Wildman–Crippen LogP) is 4.68. The lowest BCUT2D eigenvalue weighted by molar-refractivity contribution is -0.123. The molecule has 5 nitrogen and oxygen atoms in total. The van der Waals surface area contributed by atoms with E-state index in [2.05, 4.69) is 10.6 Å². The molecular weight excluding hydrogens is 429 g/mol. The molecule has 0 saturated carbocycles. The molecule has 1 aromatic heterocycles. The van der Waals surface area contributed by atoms with E-state index in [1.165, 1.54) is 11.3 Å². The zero-order valence-corrected chi connectivity index (χ0v) is 17.8. The number of carbonyl (C=O) groups excluding carboxylic acids is 2. The van der Waals surface area contributed by atoms with E-state index in [9.17, 15) is 9.59 Å². The fraction of sp³-hybridized carbons (Fsp3) is 0.333. The first kappa shape index (κ1) is 22.0. The summed E-state index contributed by atoms with van der Waals surface area (Å²) < 4.78 is 0.685. The Morgan fingerprint density at radius 3 is 2.44 bits per heavy atom. The highest BCUT2D eigenvalue weighted by atomic mass is 35.5. The SMILES string of the molecule is CCCN(CC(=O)NCc1ccc(Cl)s1)CC(=O)Nc1ccc(Cl)cc1Cl. The van der Waals surface area contributed by atoms with Crippen LogP contribution in [0.3, 0.4) is 0 Å². The number of anilines is 1. The first-order valence-corrected chi connectivity index (χ1v) is 10.3. The Labute approximate surface area is 177 Å². The summed E-state index contributed by atoms with van der Waals surface area (Å²) in [5.74, 6) is -0.393. The van der Waals surface area contributed by atoms with Gasteiger partial charge in [0.15, 0.2) is 0 Å². The Balaban J connectivity index is 1.85. The van der Waals surface area contributed by atoms with Crippen molar-refractivity contribution in [3.8, 4) is 0 Å². The quantitative estimate of drug-likeness (QED) is 0.586. The Morgan fingerprint density at radius 2 is 1.81 bits per heavy atom. The zero-order chi connectivity index (χ0) is 19.8. The standard InChI is InChI=1S/C18H20Cl3N3O2S/c1-2-7-24(10-17(25)22-9-13-4-6-16(21)27-13)11-18(26)23-15-5-3-12(19)8-14(15)20/h3-6,8H,2,7,9-11H2,1H3,(H,22,25)(H,23,26). The van der Waals surface area contributed by atoms with Crippen molar-refractivity contribution in [3.63, 3.8) is 0 Å². The van der Waals surface area contributed by atoms with Gasteiger partial charge in [0.2, 0.25) is 11.8 Å². The van der Waals surface area contributed by atoms with Gasteiger partial charge in [0.25, 0.3) is 0 Å². The molecule has 2 aromatic rings. The van der Waals surface area contributed by atoms with E-state index in [-0.39, 0.29) is 24.9 Å². The number of amides is 2. The van der Waals surface area contributed by atoms with Crippen LogP contribution in [-0.4, -0.2) is 36.3 Å². The molecule has 0 fully saturated rings. The third-order valence-electron chi connectivity index (χ3n) is 3.57. The Bertz CT molecular complexity index is 798. The summed E-state index contributed by atoms with van der Waals surface area (Å²) in [6, 6.07) is 8.53.